The van der Waals surface area contributed by atoms with Crippen LogP contribution in [-0.4, -0.2) is 12.4 Å². The fourth-order valence-electron chi connectivity index (χ4n) is 1.44. The zero-order chi connectivity index (χ0) is 15.2. The molecule has 0 aromatic heterocycles. The first-order valence-electron chi connectivity index (χ1n) is 4.71. The number of anilines is 1. The third-order valence-electron chi connectivity index (χ3n) is 2.52. The maximum Gasteiger partial charge on any atom is 0.435 e. The molecular formula is C10H7BrF7N. The van der Waals surface area contributed by atoms with Crippen LogP contribution < -0.4 is 5.73 Å². The average Bonchev–Trinajstić information content (AvgIpc) is 2.20. The predicted molar refractivity (Wildman–Crippen MR) is 58.2 cm³/mol. The van der Waals surface area contributed by atoms with Crippen LogP contribution in [0.3, 0.4) is 0 Å². The number of aryl methyl sites for hydroxylation is 1. The van der Waals surface area contributed by atoms with Crippen molar-refractivity contribution in [2.24, 2.45) is 0 Å². The largest absolute Gasteiger partial charge is 0.435 e. The highest BCUT2D eigenvalue weighted by Crippen LogP contribution is 2.53. The van der Waals surface area contributed by atoms with Crippen molar-refractivity contribution in [1.82, 2.24) is 0 Å². The van der Waals surface area contributed by atoms with Crippen molar-refractivity contribution in [3.63, 3.8) is 0 Å². The SMILES string of the molecule is Cc1cc(C(F)(C(F)(F)F)C(F)(F)F)cc(Br)c1N. The molecule has 0 bridgehead atoms. The van der Waals surface area contributed by atoms with Gasteiger partial charge in [-0.2, -0.15) is 26.3 Å². The Hall–Kier alpha value is -0.990. The molecule has 9 heteroatoms. The van der Waals surface area contributed by atoms with Crippen LogP contribution in [0.2, 0.25) is 0 Å². The van der Waals surface area contributed by atoms with E-state index in [-0.39, 0.29) is 15.7 Å². The van der Waals surface area contributed by atoms with Gasteiger partial charge in [-0.05, 0) is 34.5 Å². The molecule has 0 amide bonds. The van der Waals surface area contributed by atoms with E-state index in [0.717, 1.165) is 0 Å². The molecule has 0 unspecified atom stereocenters. The Balaban J connectivity index is 3.62. The van der Waals surface area contributed by atoms with Gasteiger partial charge in [0.1, 0.15) is 0 Å². The first-order valence-corrected chi connectivity index (χ1v) is 5.50. The van der Waals surface area contributed by atoms with Gasteiger partial charge in [-0.25, -0.2) is 4.39 Å². The Kier molecular flexibility index (Phi) is 3.83. The van der Waals surface area contributed by atoms with Crippen LogP contribution in [0.1, 0.15) is 11.1 Å². The zero-order valence-electron chi connectivity index (χ0n) is 9.26. The summed E-state index contributed by atoms with van der Waals surface area (Å²) in [4.78, 5) is 0. The normalized spacial score (nSPS) is 13.7. The summed E-state index contributed by atoms with van der Waals surface area (Å²) in [5, 5.41) is 0. The van der Waals surface area contributed by atoms with Gasteiger partial charge in [-0.1, -0.05) is 6.07 Å². The molecule has 108 valence electrons. The molecule has 0 saturated heterocycles. The second-order valence-electron chi connectivity index (χ2n) is 3.84. The van der Waals surface area contributed by atoms with Gasteiger partial charge in [0.15, 0.2) is 0 Å². The molecule has 1 aromatic rings. The molecule has 0 heterocycles. The van der Waals surface area contributed by atoms with Crippen molar-refractivity contribution in [2.45, 2.75) is 24.9 Å². The second-order valence-corrected chi connectivity index (χ2v) is 4.70. The second kappa shape index (κ2) is 4.53. The molecule has 1 aromatic carbocycles. The highest BCUT2D eigenvalue weighted by Gasteiger charge is 2.73. The minimum atomic E-state index is -6.13. The summed E-state index contributed by atoms with van der Waals surface area (Å²) in [7, 11) is 0. The molecule has 0 saturated carbocycles. The monoisotopic (exact) mass is 353 g/mol. The number of nitrogens with two attached hydrogens (primary N) is 1. The summed E-state index contributed by atoms with van der Waals surface area (Å²) in [5.41, 5.74) is -1.78. The Morgan fingerprint density at radius 3 is 1.68 bits per heavy atom. The summed E-state index contributed by atoms with van der Waals surface area (Å²) in [5.74, 6) is 0. The van der Waals surface area contributed by atoms with E-state index in [4.69, 9.17) is 5.73 Å². The van der Waals surface area contributed by atoms with Gasteiger partial charge in [-0.3, -0.25) is 0 Å². The molecule has 0 fully saturated rings. The molecule has 19 heavy (non-hydrogen) atoms. The van der Waals surface area contributed by atoms with E-state index in [1.54, 1.807) is 0 Å². The van der Waals surface area contributed by atoms with E-state index in [1.807, 2.05) is 0 Å². The molecule has 0 radical (unpaired) electrons. The predicted octanol–water partition coefficient (Wildman–Crippen LogP) is 4.63. The third-order valence-corrected chi connectivity index (χ3v) is 3.17. The zero-order valence-corrected chi connectivity index (χ0v) is 10.8. The van der Waals surface area contributed by atoms with Gasteiger partial charge in [0, 0.05) is 15.7 Å². The van der Waals surface area contributed by atoms with Crippen LogP contribution in [-0.2, 0) is 5.67 Å². The van der Waals surface area contributed by atoms with E-state index < -0.39 is 23.6 Å². The minimum Gasteiger partial charge on any atom is -0.398 e. The minimum absolute atomic E-state index is 0.0598. The standard InChI is InChI=1S/C10H7BrF7N/c1-4-2-5(3-6(11)7(4)19)8(12,9(13,14)15)10(16,17)18/h2-3H,19H2,1H3. The first-order chi connectivity index (χ1) is 8.32. The summed E-state index contributed by atoms with van der Waals surface area (Å²) >= 11 is 2.70. The molecule has 0 aliphatic carbocycles. The Labute approximate surface area is 111 Å². The Morgan fingerprint density at radius 1 is 0.947 bits per heavy atom. The lowest BCUT2D eigenvalue weighted by molar-refractivity contribution is -0.348. The third kappa shape index (κ3) is 2.52. The molecule has 0 atom stereocenters. The maximum absolute atomic E-state index is 13.7. The van der Waals surface area contributed by atoms with Gasteiger partial charge in [0.2, 0.25) is 0 Å². The van der Waals surface area contributed by atoms with Crippen LogP contribution in [0.5, 0.6) is 0 Å². The average molecular weight is 354 g/mol. The van der Waals surface area contributed by atoms with Crippen LogP contribution in [0.4, 0.5) is 36.4 Å². The molecule has 0 aliphatic heterocycles. The van der Waals surface area contributed by atoms with Gasteiger partial charge in [-0.15, -0.1) is 0 Å². The molecule has 1 rings (SSSR count). The summed E-state index contributed by atoms with van der Waals surface area (Å²) in [6.45, 7) is 1.18. The van der Waals surface area contributed by atoms with Crippen molar-refractivity contribution in [3.05, 3.63) is 27.7 Å². The maximum atomic E-state index is 13.7. The molecule has 0 aliphatic rings. The Morgan fingerprint density at radius 2 is 1.37 bits per heavy atom. The van der Waals surface area contributed by atoms with Gasteiger partial charge in [0.05, 0.1) is 0 Å². The molecule has 1 nitrogen and oxygen atoms in total. The number of hydrogen-bond donors (Lipinski definition) is 1. The van der Waals surface area contributed by atoms with Gasteiger partial charge in [0.25, 0.3) is 0 Å². The van der Waals surface area contributed by atoms with Crippen LogP contribution in [0, 0.1) is 6.92 Å². The number of nitrogen functional groups attached to an aromatic ring is 1. The molecule has 0 spiro atoms. The number of rotatable bonds is 1. The molecular weight excluding hydrogens is 347 g/mol. The fourth-order valence-corrected chi connectivity index (χ4v) is 2.00. The van der Waals surface area contributed by atoms with Gasteiger partial charge < -0.3 is 5.73 Å². The van der Waals surface area contributed by atoms with Crippen LogP contribution in [0.15, 0.2) is 16.6 Å². The lowest BCUT2D eigenvalue weighted by Gasteiger charge is -2.30. The van der Waals surface area contributed by atoms with E-state index >= 15 is 0 Å². The van der Waals surface area contributed by atoms with E-state index in [0.29, 0.717) is 12.1 Å². The quantitative estimate of drug-likeness (QED) is 0.578. The lowest BCUT2D eigenvalue weighted by Crippen LogP contribution is -2.50. The molecule has 2 N–H and O–H groups in total. The smallest absolute Gasteiger partial charge is 0.398 e. The number of halogens is 8. The lowest BCUT2D eigenvalue weighted by atomic mass is 9.92. The van der Waals surface area contributed by atoms with Crippen LogP contribution >= 0.6 is 15.9 Å². The van der Waals surface area contributed by atoms with Crippen molar-refractivity contribution >= 4 is 21.6 Å². The summed E-state index contributed by atoms with van der Waals surface area (Å²) in [6.07, 6.45) is -12.3. The topological polar surface area (TPSA) is 26.0 Å². The Bertz CT molecular complexity index is 455. The number of alkyl halides is 7. The van der Waals surface area contributed by atoms with Gasteiger partial charge >= 0.3 is 18.0 Å². The first kappa shape index (κ1) is 16.1. The van der Waals surface area contributed by atoms with Crippen molar-refractivity contribution in [1.29, 1.82) is 0 Å². The fraction of sp³-hybridized carbons (Fsp3) is 0.400. The van der Waals surface area contributed by atoms with Crippen molar-refractivity contribution in [2.75, 3.05) is 5.73 Å². The number of benzene rings is 1. The highest BCUT2D eigenvalue weighted by molar-refractivity contribution is 9.10. The summed E-state index contributed by atoms with van der Waals surface area (Å²) < 4.78 is 88.5. The summed E-state index contributed by atoms with van der Waals surface area (Å²) in [6, 6.07) is 0.810. The van der Waals surface area contributed by atoms with E-state index in [1.165, 1.54) is 6.92 Å². The van der Waals surface area contributed by atoms with Crippen molar-refractivity contribution < 1.29 is 30.7 Å². The van der Waals surface area contributed by atoms with E-state index in [9.17, 15) is 30.7 Å². The number of hydrogen-bond acceptors (Lipinski definition) is 1. The van der Waals surface area contributed by atoms with Crippen molar-refractivity contribution in [3.8, 4) is 0 Å². The van der Waals surface area contributed by atoms with Crippen LogP contribution in [0.25, 0.3) is 0 Å². The highest BCUT2D eigenvalue weighted by atomic mass is 79.9. The van der Waals surface area contributed by atoms with E-state index in [2.05, 4.69) is 15.9 Å².